The molecule has 2 heterocycles. The van der Waals surface area contributed by atoms with E-state index in [1.165, 1.54) is 5.56 Å². The van der Waals surface area contributed by atoms with Crippen molar-refractivity contribution in [2.24, 2.45) is 11.3 Å². The lowest BCUT2D eigenvalue weighted by molar-refractivity contribution is 0.275. The number of nitrogens with one attached hydrogen (secondary N) is 1. The maximum Gasteiger partial charge on any atom is 0.150 e. The molecule has 3 aromatic carbocycles. The molecular weight excluding hydrogens is 478 g/mol. The molecule has 0 unspecified atom stereocenters. The Bertz CT molecular complexity index is 1790. The fourth-order valence-corrected chi connectivity index (χ4v) is 6.60. The summed E-state index contributed by atoms with van der Waals surface area (Å²) in [5.41, 5.74) is 6.13. The summed E-state index contributed by atoms with van der Waals surface area (Å²) in [5.74, 6) is -0.116. The molecular formula is C34H29N5. The molecule has 2 aromatic heterocycles. The number of hydrogen-bond acceptors (Lipinski definition) is 3. The van der Waals surface area contributed by atoms with Gasteiger partial charge in [0.1, 0.15) is 0 Å². The fourth-order valence-electron chi connectivity index (χ4n) is 6.60. The molecule has 1 aliphatic carbocycles. The maximum atomic E-state index is 10.4. The van der Waals surface area contributed by atoms with Gasteiger partial charge in [-0.25, -0.2) is 0 Å². The molecule has 2 atom stereocenters. The maximum absolute atomic E-state index is 10.4. The Morgan fingerprint density at radius 3 is 2.46 bits per heavy atom. The molecule has 0 spiro atoms. The van der Waals surface area contributed by atoms with Gasteiger partial charge < -0.3 is 9.55 Å². The molecule has 0 saturated carbocycles. The van der Waals surface area contributed by atoms with Crippen LogP contribution in [0.3, 0.4) is 0 Å². The number of nitriles is 3. The third-order valence-corrected chi connectivity index (χ3v) is 8.52. The van der Waals surface area contributed by atoms with E-state index in [9.17, 15) is 15.8 Å². The lowest BCUT2D eigenvalue weighted by Gasteiger charge is -2.28. The van der Waals surface area contributed by atoms with E-state index in [2.05, 4.69) is 77.3 Å². The molecule has 5 aromatic rings. The first-order valence-electron chi connectivity index (χ1n) is 13.6. The smallest absolute Gasteiger partial charge is 0.150 e. The SMILES string of the molecule is CCC[C@@H]1C[C@H](c2cn(Cc3ccccc3)c3ccc(C#N)cc23)c2[nH]c3ccccc3c2CC1(C#N)C#N. The van der Waals surface area contributed by atoms with Crippen molar-refractivity contribution in [1.29, 1.82) is 15.8 Å². The van der Waals surface area contributed by atoms with Crippen molar-refractivity contribution in [3.8, 4) is 18.2 Å². The first-order chi connectivity index (χ1) is 19.1. The molecule has 0 saturated heterocycles. The predicted octanol–water partition coefficient (Wildman–Crippen LogP) is 7.57. The molecule has 0 fully saturated rings. The molecule has 190 valence electrons. The molecule has 0 bridgehead atoms. The largest absolute Gasteiger partial charge is 0.358 e. The van der Waals surface area contributed by atoms with Gasteiger partial charge in [-0.2, -0.15) is 15.8 Å². The van der Waals surface area contributed by atoms with Crippen LogP contribution in [-0.4, -0.2) is 9.55 Å². The minimum Gasteiger partial charge on any atom is -0.358 e. The van der Waals surface area contributed by atoms with Crippen LogP contribution in [0.4, 0.5) is 0 Å². The van der Waals surface area contributed by atoms with Gasteiger partial charge in [0.25, 0.3) is 0 Å². The average Bonchev–Trinajstić information content (AvgIpc) is 3.48. The van der Waals surface area contributed by atoms with Crippen molar-refractivity contribution in [3.63, 3.8) is 0 Å². The summed E-state index contributed by atoms with van der Waals surface area (Å²) in [6.07, 6.45) is 5.05. The van der Waals surface area contributed by atoms with Gasteiger partial charge in [-0.1, -0.05) is 61.9 Å². The second-order valence-electron chi connectivity index (χ2n) is 10.8. The minimum atomic E-state index is -1.09. The van der Waals surface area contributed by atoms with Crippen molar-refractivity contribution >= 4 is 21.8 Å². The fraction of sp³-hybridized carbons (Fsp3) is 0.265. The normalized spacial score (nSPS) is 18.1. The van der Waals surface area contributed by atoms with Gasteiger partial charge in [0, 0.05) is 52.6 Å². The number of rotatable bonds is 5. The van der Waals surface area contributed by atoms with Crippen LogP contribution >= 0.6 is 0 Å². The number of nitrogens with zero attached hydrogens (tertiary/aromatic N) is 4. The highest BCUT2D eigenvalue weighted by molar-refractivity contribution is 5.89. The topological polar surface area (TPSA) is 92.1 Å². The molecule has 5 nitrogen and oxygen atoms in total. The van der Waals surface area contributed by atoms with Gasteiger partial charge >= 0.3 is 0 Å². The molecule has 1 aliphatic rings. The zero-order valence-electron chi connectivity index (χ0n) is 22.0. The third-order valence-electron chi connectivity index (χ3n) is 8.52. The molecule has 39 heavy (non-hydrogen) atoms. The number of aromatic nitrogens is 2. The van der Waals surface area contributed by atoms with E-state index in [0.29, 0.717) is 24.9 Å². The quantitative estimate of drug-likeness (QED) is 0.249. The van der Waals surface area contributed by atoms with E-state index in [1.54, 1.807) is 0 Å². The van der Waals surface area contributed by atoms with Crippen LogP contribution in [0.25, 0.3) is 21.8 Å². The van der Waals surface area contributed by atoms with Gasteiger partial charge in [-0.15, -0.1) is 0 Å². The number of hydrogen-bond donors (Lipinski definition) is 1. The Labute approximate surface area is 228 Å². The number of para-hydroxylation sites is 1. The van der Waals surface area contributed by atoms with E-state index >= 15 is 0 Å². The van der Waals surface area contributed by atoms with Gasteiger partial charge in [0.05, 0.1) is 23.8 Å². The lowest BCUT2D eigenvalue weighted by atomic mass is 9.70. The van der Waals surface area contributed by atoms with E-state index in [4.69, 9.17) is 0 Å². The Balaban J connectivity index is 1.61. The Morgan fingerprint density at radius 2 is 1.72 bits per heavy atom. The van der Waals surface area contributed by atoms with Crippen molar-refractivity contribution in [2.75, 3.05) is 0 Å². The van der Waals surface area contributed by atoms with Crippen LogP contribution in [0, 0.1) is 45.3 Å². The zero-order chi connectivity index (χ0) is 27.0. The predicted molar refractivity (Wildman–Crippen MR) is 153 cm³/mol. The molecule has 0 amide bonds. The number of aromatic amines is 1. The van der Waals surface area contributed by atoms with Crippen molar-refractivity contribution in [1.82, 2.24) is 9.55 Å². The molecule has 0 radical (unpaired) electrons. The van der Waals surface area contributed by atoms with Crippen LogP contribution in [0.5, 0.6) is 0 Å². The third kappa shape index (κ3) is 4.06. The second kappa shape index (κ2) is 9.83. The van der Waals surface area contributed by atoms with E-state index < -0.39 is 5.41 Å². The molecule has 0 aliphatic heterocycles. The standard InChI is InChI=1S/C34H29N5/c1-2-8-25-16-28(33-29(17-34(25,21-36)22-37)26-11-6-7-12-31(26)38-33)30-20-39(19-23-9-4-3-5-10-23)32-14-13-24(18-35)15-27(30)32/h3-7,9-15,20,25,28,38H,2,8,16-17,19H2,1H3/t25-,28-/m1/s1. The molecule has 5 heteroatoms. The van der Waals surface area contributed by atoms with Crippen LogP contribution in [0.15, 0.2) is 79.0 Å². The van der Waals surface area contributed by atoms with Crippen molar-refractivity contribution in [2.45, 2.75) is 45.1 Å². The summed E-state index contributed by atoms with van der Waals surface area (Å²) < 4.78 is 2.27. The van der Waals surface area contributed by atoms with Crippen LogP contribution in [-0.2, 0) is 13.0 Å². The van der Waals surface area contributed by atoms with Crippen molar-refractivity contribution < 1.29 is 0 Å². The molecule has 1 N–H and O–H groups in total. The lowest BCUT2D eigenvalue weighted by Crippen LogP contribution is -2.29. The summed E-state index contributed by atoms with van der Waals surface area (Å²) in [4.78, 5) is 3.71. The summed E-state index contributed by atoms with van der Waals surface area (Å²) in [6.45, 7) is 2.84. The number of fused-ring (bicyclic) bond motifs is 4. The monoisotopic (exact) mass is 507 g/mol. The van der Waals surface area contributed by atoms with Gasteiger partial charge in [0.2, 0.25) is 0 Å². The highest BCUT2D eigenvalue weighted by Gasteiger charge is 2.45. The first kappa shape index (κ1) is 24.5. The minimum absolute atomic E-state index is 0.0407. The number of H-pyrrole nitrogens is 1. The first-order valence-corrected chi connectivity index (χ1v) is 13.6. The van der Waals surface area contributed by atoms with E-state index in [1.807, 2.05) is 36.4 Å². The summed E-state index contributed by atoms with van der Waals surface area (Å²) >= 11 is 0. The second-order valence-corrected chi connectivity index (χ2v) is 10.8. The van der Waals surface area contributed by atoms with Crippen LogP contribution < -0.4 is 0 Å². The Morgan fingerprint density at radius 1 is 0.949 bits per heavy atom. The van der Waals surface area contributed by atoms with Crippen LogP contribution in [0.1, 0.15) is 60.1 Å². The van der Waals surface area contributed by atoms with Gasteiger partial charge in [-0.3, -0.25) is 0 Å². The van der Waals surface area contributed by atoms with E-state index in [0.717, 1.165) is 51.5 Å². The zero-order valence-corrected chi connectivity index (χ0v) is 22.0. The highest BCUT2D eigenvalue weighted by atomic mass is 15.0. The Hall–Kier alpha value is -4.79. The summed E-state index contributed by atoms with van der Waals surface area (Å²) in [7, 11) is 0. The number of benzene rings is 3. The van der Waals surface area contributed by atoms with E-state index in [-0.39, 0.29) is 11.8 Å². The van der Waals surface area contributed by atoms with Gasteiger partial charge in [0.15, 0.2) is 5.41 Å². The highest BCUT2D eigenvalue weighted by Crippen LogP contribution is 2.50. The average molecular weight is 508 g/mol. The summed E-state index contributed by atoms with van der Waals surface area (Å²) in [5, 5.41) is 32.8. The molecule has 6 rings (SSSR count). The Kier molecular flexibility index (Phi) is 6.18. The summed E-state index contributed by atoms with van der Waals surface area (Å²) in [6, 6.07) is 31.8. The van der Waals surface area contributed by atoms with Crippen molar-refractivity contribution in [3.05, 3.63) is 107 Å². The van der Waals surface area contributed by atoms with Gasteiger partial charge in [-0.05, 0) is 59.7 Å². The van der Waals surface area contributed by atoms with Crippen LogP contribution in [0.2, 0.25) is 0 Å².